The van der Waals surface area contributed by atoms with Crippen LogP contribution in [0.1, 0.15) is 31.9 Å². The quantitative estimate of drug-likeness (QED) is 0.786. The summed E-state index contributed by atoms with van der Waals surface area (Å²) in [5, 5.41) is 2.74. The molecule has 5 heteroatoms. The van der Waals surface area contributed by atoms with Gasteiger partial charge in [0, 0.05) is 12.6 Å². The van der Waals surface area contributed by atoms with E-state index in [1.807, 2.05) is 26.0 Å². The molecule has 0 aromatic heterocycles. The zero-order valence-corrected chi connectivity index (χ0v) is 11.7. The van der Waals surface area contributed by atoms with Crippen molar-refractivity contribution in [1.82, 2.24) is 5.32 Å². The lowest BCUT2D eigenvalue weighted by molar-refractivity contribution is -0.123. The largest absolute Gasteiger partial charge is 0.493 e. The molecule has 1 rings (SSSR count). The maximum Gasteiger partial charge on any atom is 0.257 e. The van der Waals surface area contributed by atoms with Crippen LogP contribution < -0.4 is 20.5 Å². The lowest BCUT2D eigenvalue weighted by atomic mass is 10.1. The number of carbonyl (C=O) groups is 1. The number of amides is 1. The van der Waals surface area contributed by atoms with Gasteiger partial charge in [-0.3, -0.25) is 4.79 Å². The zero-order chi connectivity index (χ0) is 14.3. The van der Waals surface area contributed by atoms with Crippen LogP contribution >= 0.6 is 0 Å². The summed E-state index contributed by atoms with van der Waals surface area (Å²) in [4.78, 5) is 11.5. The van der Waals surface area contributed by atoms with Gasteiger partial charge in [-0.05, 0) is 31.0 Å². The first-order chi connectivity index (χ1) is 9.08. The van der Waals surface area contributed by atoms with Crippen LogP contribution in [0.25, 0.3) is 0 Å². The molecule has 1 aromatic rings. The fraction of sp³-hybridized carbons (Fsp3) is 0.500. The Kier molecular flexibility index (Phi) is 6.15. The minimum Gasteiger partial charge on any atom is -0.493 e. The first kappa shape index (κ1) is 15.3. The molecule has 1 amide bonds. The van der Waals surface area contributed by atoms with E-state index in [1.54, 1.807) is 13.2 Å². The van der Waals surface area contributed by atoms with Crippen LogP contribution in [0.4, 0.5) is 0 Å². The Hall–Kier alpha value is -1.75. The van der Waals surface area contributed by atoms with Crippen LogP contribution in [0.5, 0.6) is 11.5 Å². The molecule has 0 bridgehead atoms. The third kappa shape index (κ3) is 4.79. The molecule has 106 valence electrons. The molecule has 1 atom stereocenters. The summed E-state index contributed by atoms with van der Waals surface area (Å²) < 4.78 is 10.7. The van der Waals surface area contributed by atoms with Gasteiger partial charge in [0.2, 0.25) is 0 Å². The summed E-state index contributed by atoms with van der Waals surface area (Å²) in [5.74, 6) is 0.983. The van der Waals surface area contributed by atoms with Crippen LogP contribution in [0.15, 0.2) is 18.2 Å². The number of methoxy groups -OCH3 is 1. The van der Waals surface area contributed by atoms with E-state index in [-0.39, 0.29) is 18.6 Å². The fourth-order valence-corrected chi connectivity index (χ4v) is 1.55. The molecular weight excluding hydrogens is 244 g/mol. The summed E-state index contributed by atoms with van der Waals surface area (Å²) in [6.07, 6.45) is 0.901. The highest BCUT2D eigenvalue weighted by Gasteiger charge is 2.09. The van der Waals surface area contributed by atoms with Gasteiger partial charge in [0.1, 0.15) is 0 Å². The van der Waals surface area contributed by atoms with Gasteiger partial charge >= 0.3 is 0 Å². The van der Waals surface area contributed by atoms with Gasteiger partial charge in [0.05, 0.1) is 7.11 Å². The van der Waals surface area contributed by atoms with E-state index in [1.165, 1.54) is 0 Å². The van der Waals surface area contributed by atoms with Crippen LogP contribution in [-0.4, -0.2) is 26.2 Å². The molecule has 0 radical (unpaired) electrons. The highest BCUT2D eigenvalue weighted by atomic mass is 16.5. The summed E-state index contributed by atoms with van der Waals surface area (Å²) in [6, 6.07) is 5.39. The van der Waals surface area contributed by atoms with E-state index < -0.39 is 0 Å². The van der Waals surface area contributed by atoms with Gasteiger partial charge in [0.25, 0.3) is 5.91 Å². The molecule has 19 heavy (non-hydrogen) atoms. The summed E-state index contributed by atoms with van der Waals surface area (Å²) >= 11 is 0. The topological polar surface area (TPSA) is 73.6 Å². The van der Waals surface area contributed by atoms with Crippen molar-refractivity contribution in [3.05, 3.63) is 23.8 Å². The molecule has 1 unspecified atom stereocenters. The van der Waals surface area contributed by atoms with Crippen molar-refractivity contribution in [2.45, 2.75) is 26.3 Å². The highest BCUT2D eigenvalue weighted by Crippen LogP contribution is 2.29. The van der Waals surface area contributed by atoms with Gasteiger partial charge < -0.3 is 20.5 Å². The molecular formula is C14H22N2O3. The first-order valence-corrected chi connectivity index (χ1v) is 6.41. The van der Waals surface area contributed by atoms with Crippen LogP contribution in [-0.2, 0) is 4.79 Å². The highest BCUT2D eigenvalue weighted by molar-refractivity contribution is 5.77. The third-order valence-electron chi connectivity index (χ3n) is 2.64. The minimum atomic E-state index is -0.139. The maximum atomic E-state index is 11.5. The molecule has 0 aliphatic carbocycles. The van der Waals surface area contributed by atoms with Gasteiger partial charge in [-0.2, -0.15) is 0 Å². The SMILES string of the molecule is CCCNC(=O)COc1ccc(C(C)N)cc1OC. The summed E-state index contributed by atoms with van der Waals surface area (Å²) in [6.45, 7) is 4.53. The maximum absolute atomic E-state index is 11.5. The standard InChI is InChI=1S/C14H22N2O3/c1-4-7-16-14(17)9-19-12-6-5-11(10(2)15)8-13(12)18-3/h5-6,8,10H,4,7,9,15H2,1-3H3,(H,16,17). The second-order valence-corrected chi connectivity index (χ2v) is 4.34. The molecule has 1 aromatic carbocycles. The number of rotatable bonds is 7. The lowest BCUT2D eigenvalue weighted by Gasteiger charge is -2.13. The number of hydrogen-bond donors (Lipinski definition) is 2. The third-order valence-corrected chi connectivity index (χ3v) is 2.64. The van der Waals surface area contributed by atoms with Crippen LogP contribution in [0, 0.1) is 0 Å². The molecule has 5 nitrogen and oxygen atoms in total. The summed E-state index contributed by atoms with van der Waals surface area (Å²) in [7, 11) is 1.56. The molecule has 3 N–H and O–H groups in total. The molecule has 0 saturated carbocycles. The number of ether oxygens (including phenoxy) is 2. The smallest absolute Gasteiger partial charge is 0.257 e. The predicted octanol–water partition coefficient (Wildman–Crippen LogP) is 1.62. The number of benzene rings is 1. The first-order valence-electron chi connectivity index (χ1n) is 6.41. The van der Waals surface area contributed by atoms with E-state index in [4.69, 9.17) is 15.2 Å². The van der Waals surface area contributed by atoms with Crippen molar-refractivity contribution in [2.75, 3.05) is 20.3 Å². The van der Waals surface area contributed by atoms with Crippen molar-refractivity contribution < 1.29 is 14.3 Å². The second kappa shape index (κ2) is 7.63. The van der Waals surface area contributed by atoms with E-state index in [2.05, 4.69) is 5.32 Å². The van der Waals surface area contributed by atoms with Gasteiger partial charge in [-0.1, -0.05) is 13.0 Å². The van der Waals surface area contributed by atoms with Gasteiger partial charge in [0.15, 0.2) is 18.1 Å². The lowest BCUT2D eigenvalue weighted by Crippen LogP contribution is -2.29. The van der Waals surface area contributed by atoms with E-state index in [9.17, 15) is 4.79 Å². The molecule has 0 spiro atoms. The number of carbonyl (C=O) groups excluding carboxylic acids is 1. The Morgan fingerprint density at radius 2 is 2.16 bits per heavy atom. The van der Waals surface area contributed by atoms with Crippen molar-refractivity contribution in [3.63, 3.8) is 0 Å². The fourth-order valence-electron chi connectivity index (χ4n) is 1.55. The number of nitrogens with two attached hydrogens (primary N) is 1. The Bertz CT molecular complexity index is 419. The minimum absolute atomic E-state index is 0.0200. The van der Waals surface area contributed by atoms with Gasteiger partial charge in [-0.25, -0.2) is 0 Å². The van der Waals surface area contributed by atoms with Crippen molar-refractivity contribution >= 4 is 5.91 Å². The van der Waals surface area contributed by atoms with Crippen molar-refractivity contribution in [3.8, 4) is 11.5 Å². The van der Waals surface area contributed by atoms with Gasteiger partial charge in [-0.15, -0.1) is 0 Å². The Morgan fingerprint density at radius 3 is 2.74 bits per heavy atom. The van der Waals surface area contributed by atoms with Crippen LogP contribution in [0.2, 0.25) is 0 Å². The van der Waals surface area contributed by atoms with Crippen LogP contribution in [0.3, 0.4) is 0 Å². The Morgan fingerprint density at radius 1 is 1.42 bits per heavy atom. The van der Waals surface area contributed by atoms with E-state index >= 15 is 0 Å². The molecule has 0 heterocycles. The number of hydrogen-bond acceptors (Lipinski definition) is 4. The monoisotopic (exact) mass is 266 g/mol. The second-order valence-electron chi connectivity index (χ2n) is 4.34. The zero-order valence-electron chi connectivity index (χ0n) is 11.7. The van der Waals surface area contributed by atoms with E-state index in [0.717, 1.165) is 12.0 Å². The number of nitrogens with one attached hydrogen (secondary N) is 1. The normalized spacial score (nSPS) is 11.8. The van der Waals surface area contributed by atoms with Crippen molar-refractivity contribution in [2.24, 2.45) is 5.73 Å². The summed E-state index contributed by atoms with van der Waals surface area (Å²) in [5.41, 5.74) is 6.76. The molecule has 0 aliphatic heterocycles. The average molecular weight is 266 g/mol. The Balaban J connectivity index is 2.65. The predicted molar refractivity (Wildman–Crippen MR) is 74.4 cm³/mol. The molecule has 0 saturated heterocycles. The van der Waals surface area contributed by atoms with Crippen molar-refractivity contribution in [1.29, 1.82) is 0 Å². The van der Waals surface area contributed by atoms with E-state index in [0.29, 0.717) is 18.0 Å². The molecule has 0 aliphatic rings. The average Bonchev–Trinajstić information content (AvgIpc) is 2.42. The molecule has 0 fully saturated rings. The Labute approximate surface area is 114 Å².